The fourth-order valence-electron chi connectivity index (χ4n) is 1.44. The van der Waals surface area contributed by atoms with E-state index in [2.05, 4.69) is 15.7 Å². The van der Waals surface area contributed by atoms with E-state index in [0.717, 1.165) is 0 Å². The number of carboxylic acids is 2. The summed E-state index contributed by atoms with van der Waals surface area (Å²) in [5, 5.41) is 25.7. The van der Waals surface area contributed by atoms with Gasteiger partial charge in [0, 0.05) is 13.3 Å². The zero-order valence-corrected chi connectivity index (χ0v) is 11.3. The summed E-state index contributed by atoms with van der Waals surface area (Å²) in [5.41, 5.74) is 0.350. The van der Waals surface area contributed by atoms with Gasteiger partial charge in [0.1, 0.15) is 6.04 Å². The number of hydrogen-bond donors (Lipinski definition) is 4. The van der Waals surface area contributed by atoms with E-state index in [0.29, 0.717) is 18.8 Å². The molecule has 0 aliphatic rings. The van der Waals surface area contributed by atoms with E-state index in [1.165, 1.54) is 17.1 Å². The molecule has 1 rings (SSSR count). The van der Waals surface area contributed by atoms with E-state index in [4.69, 9.17) is 14.9 Å². The number of amides is 2. The van der Waals surface area contributed by atoms with Crippen molar-refractivity contribution in [2.45, 2.75) is 19.0 Å². The number of urea groups is 1. The average Bonchev–Trinajstić information content (AvgIpc) is 2.82. The number of carbonyl (C=O) groups is 3. The van der Waals surface area contributed by atoms with Crippen LogP contribution in [0.5, 0.6) is 0 Å². The summed E-state index contributed by atoms with van der Waals surface area (Å²) in [4.78, 5) is 32.9. The number of aromatic nitrogens is 2. The number of nitrogens with zero attached hydrogens (tertiary/aromatic N) is 2. The Balaban J connectivity index is 2.53. The van der Waals surface area contributed by atoms with Crippen molar-refractivity contribution in [3.8, 4) is 0 Å². The van der Waals surface area contributed by atoms with Crippen molar-refractivity contribution in [1.82, 2.24) is 15.1 Å². The lowest BCUT2D eigenvalue weighted by Gasteiger charge is -2.12. The van der Waals surface area contributed by atoms with Crippen LogP contribution in [0, 0.1) is 0 Å². The quantitative estimate of drug-likeness (QED) is 0.510. The van der Waals surface area contributed by atoms with Gasteiger partial charge >= 0.3 is 18.0 Å². The first-order valence-corrected chi connectivity index (χ1v) is 5.96. The van der Waals surface area contributed by atoms with E-state index in [-0.39, 0.29) is 0 Å². The molecule has 4 N–H and O–H groups in total. The molecule has 1 heterocycles. The number of nitrogens with one attached hydrogen (secondary N) is 2. The molecule has 0 aliphatic carbocycles. The van der Waals surface area contributed by atoms with Gasteiger partial charge in [-0.05, 0) is 0 Å². The molecule has 0 saturated carbocycles. The van der Waals surface area contributed by atoms with Crippen molar-refractivity contribution in [2.75, 3.05) is 19.0 Å². The Hall–Kier alpha value is -2.62. The van der Waals surface area contributed by atoms with Crippen molar-refractivity contribution in [2.24, 2.45) is 0 Å². The minimum atomic E-state index is -1.51. The number of hydrogen-bond acceptors (Lipinski definition) is 5. The fraction of sp³-hybridized carbons (Fsp3) is 0.455. The van der Waals surface area contributed by atoms with Gasteiger partial charge in [0.15, 0.2) is 0 Å². The van der Waals surface area contributed by atoms with Gasteiger partial charge < -0.3 is 25.6 Å². The van der Waals surface area contributed by atoms with Gasteiger partial charge in [-0.25, -0.2) is 9.59 Å². The Morgan fingerprint density at radius 2 is 2.14 bits per heavy atom. The highest BCUT2D eigenvalue weighted by atomic mass is 16.5. The third kappa shape index (κ3) is 5.91. The Bertz CT molecular complexity index is 515. The van der Waals surface area contributed by atoms with Crippen molar-refractivity contribution < 1.29 is 29.3 Å². The van der Waals surface area contributed by atoms with Crippen LogP contribution < -0.4 is 10.6 Å². The van der Waals surface area contributed by atoms with Gasteiger partial charge in [-0.1, -0.05) is 0 Å². The number of aliphatic carboxylic acids is 2. The number of carboxylic acid groups (broad SMARTS) is 2. The summed E-state index contributed by atoms with van der Waals surface area (Å²) in [5.74, 6) is -2.75. The number of methoxy groups -OCH3 is 1. The molecule has 0 spiro atoms. The molecule has 10 nitrogen and oxygen atoms in total. The Kier molecular flexibility index (Phi) is 6.14. The second-order valence-electron chi connectivity index (χ2n) is 4.07. The van der Waals surface area contributed by atoms with Gasteiger partial charge in [0.05, 0.1) is 31.5 Å². The van der Waals surface area contributed by atoms with Crippen LogP contribution >= 0.6 is 0 Å². The summed E-state index contributed by atoms with van der Waals surface area (Å²) >= 11 is 0. The van der Waals surface area contributed by atoms with Crippen molar-refractivity contribution in [3.63, 3.8) is 0 Å². The minimum Gasteiger partial charge on any atom is -0.481 e. The number of anilines is 1. The molecule has 1 aromatic rings. The third-order valence-electron chi connectivity index (χ3n) is 2.40. The van der Waals surface area contributed by atoms with Crippen LogP contribution in [-0.4, -0.2) is 57.7 Å². The summed E-state index contributed by atoms with van der Waals surface area (Å²) in [6, 6.07) is -2.33. The molecule has 0 fully saturated rings. The van der Waals surface area contributed by atoms with Crippen LogP contribution in [0.3, 0.4) is 0 Å². The van der Waals surface area contributed by atoms with E-state index < -0.39 is 30.4 Å². The molecule has 1 atom stereocenters. The summed E-state index contributed by atoms with van der Waals surface area (Å²) in [7, 11) is 1.55. The first-order chi connectivity index (χ1) is 9.92. The third-order valence-corrected chi connectivity index (χ3v) is 2.40. The molecule has 0 aliphatic heterocycles. The van der Waals surface area contributed by atoms with Crippen LogP contribution in [0.25, 0.3) is 0 Å². The lowest BCUT2D eigenvalue weighted by molar-refractivity contribution is -0.145. The molecule has 0 radical (unpaired) electrons. The second-order valence-corrected chi connectivity index (χ2v) is 4.07. The van der Waals surface area contributed by atoms with Gasteiger partial charge in [0.2, 0.25) is 0 Å². The molecule has 0 bridgehead atoms. The SMILES string of the molecule is COCCn1cc(NC(=O)NC(CC(=O)O)C(=O)O)cn1. The van der Waals surface area contributed by atoms with Gasteiger partial charge in [-0.2, -0.15) is 5.10 Å². The van der Waals surface area contributed by atoms with E-state index in [9.17, 15) is 14.4 Å². The molecule has 2 amide bonds. The van der Waals surface area contributed by atoms with Crippen molar-refractivity contribution in [1.29, 1.82) is 0 Å². The first kappa shape index (κ1) is 16.4. The molecule has 10 heteroatoms. The van der Waals surface area contributed by atoms with Crippen molar-refractivity contribution >= 4 is 23.7 Å². The van der Waals surface area contributed by atoms with Crippen LogP contribution in [0.2, 0.25) is 0 Å². The van der Waals surface area contributed by atoms with E-state index in [1.54, 1.807) is 7.11 Å². The largest absolute Gasteiger partial charge is 0.481 e. The lowest BCUT2D eigenvalue weighted by Crippen LogP contribution is -2.44. The average molecular weight is 300 g/mol. The molecular formula is C11H16N4O6. The molecule has 21 heavy (non-hydrogen) atoms. The van der Waals surface area contributed by atoms with Crippen LogP contribution in [0.15, 0.2) is 12.4 Å². The molecule has 0 aromatic carbocycles. The Labute approximate surface area is 119 Å². The van der Waals surface area contributed by atoms with Gasteiger partial charge in [0.25, 0.3) is 0 Å². The molecule has 116 valence electrons. The predicted octanol–water partition coefficient (Wildman–Crippen LogP) is -0.421. The fourth-order valence-corrected chi connectivity index (χ4v) is 1.44. The zero-order valence-electron chi connectivity index (χ0n) is 11.3. The van der Waals surface area contributed by atoms with E-state index >= 15 is 0 Å². The second kappa shape index (κ2) is 7.85. The highest BCUT2D eigenvalue weighted by Crippen LogP contribution is 2.05. The normalized spacial score (nSPS) is 11.7. The maximum absolute atomic E-state index is 11.6. The van der Waals surface area contributed by atoms with Gasteiger partial charge in [-0.15, -0.1) is 0 Å². The van der Waals surface area contributed by atoms with Crippen LogP contribution in [0.1, 0.15) is 6.42 Å². The summed E-state index contributed by atoms with van der Waals surface area (Å²) < 4.78 is 6.40. The van der Waals surface area contributed by atoms with Crippen molar-refractivity contribution in [3.05, 3.63) is 12.4 Å². The van der Waals surface area contributed by atoms with E-state index in [1.807, 2.05) is 0 Å². The van der Waals surface area contributed by atoms with Crippen LogP contribution in [-0.2, 0) is 20.9 Å². The topological polar surface area (TPSA) is 143 Å². The smallest absolute Gasteiger partial charge is 0.326 e. The Morgan fingerprint density at radius 1 is 1.43 bits per heavy atom. The summed E-state index contributed by atoms with van der Waals surface area (Å²) in [6.07, 6.45) is 2.20. The monoisotopic (exact) mass is 300 g/mol. The maximum Gasteiger partial charge on any atom is 0.326 e. The molecular weight excluding hydrogens is 284 g/mol. The van der Waals surface area contributed by atoms with Gasteiger partial charge in [-0.3, -0.25) is 9.48 Å². The highest BCUT2D eigenvalue weighted by molar-refractivity contribution is 5.93. The number of ether oxygens (including phenoxy) is 1. The standard InChI is InChI=1S/C11H16N4O6/c1-21-3-2-15-6-7(5-12-15)13-11(20)14-8(10(18)19)4-9(16)17/h5-6,8H,2-4H2,1H3,(H,16,17)(H,18,19)(H2,13,14,20). The lowest BCUT2D eigenvalue weighted by atomic mass is 10.2. The number of carbonyl (C=O) groups excluding carboxylic acids is 1. The molecule has 0 saturated heterocycles. The van der Waals surface area contributed by atoms with Crippen LogP contribution in [0.4, 0.5) is 10.5 Å². The summed E-state index contributed by atoms with van der Waals surface area (Å²) in [6.45, 7) is 0.948. The maximum atomic E-state index is 11.6. The first-order valence-electron chi connectivity index (χ1n) is 5.96. The Morgan fingerprint density at radius 3 is 2.71 bits per heavy atom. The molecule has 1 aromatic heterocycles. The highest BCUT2D eigenvalue weighted by Gasteiger charge is 2.23. The minimum absolute atomic E-state index is 0.350. The zero-order chi connectivity index (χ0) is 15.8. The number of rotatable bonds is 8. The molecule has 1 unspecified atom stereocenters. The predicted molar refractivity (Wildman–Crippen MR) is 69.9 cm³/mol.